The molecule has 0 unspecified atom stereocenters. The second-order valence-corrected chi connectivity index (χ2v) is 9.25. The number of hydrogen-bond donors (Lipinski definition) is 1. The van der Waals surface area contributed by atoms with Gasteiger partial charge in [-0.05, 0) is 61.5 Å². The molecule has 0 bridgehead atoms. The summed E-state index contributed by atoms with van der Waals surface area (Å²) in [6, 6.07) is 7.79. The highest BCUT2D eigenvalue weighted by molar-refractivity contribution is 5.80. The number of benzene rings is 1. The first-order chi connectivity index (χ1) is 16.1. The van der Waals surface area contributed by atoms with Crippen LogP contribution in [0.4, 0.5) is 0 Å². The fraction of sp³-hybridized carbons (Fsp3) is 0.583. The third-order valence-corrected chi connectivity index (χ3v) is 7.04. The second-order valence-electron chi connectivity index (χ2n) is 9.25. The molecule has 0 spiro atoms. The van der Waals surface area contributed by atoms with Crippen LogP contribution in [0.5, 0.6) is 5.75 Å². The van der Waals surface area contributed by atoms with Gasteiger partial charge >= 0.3 is 0 Å². The highest BCUT2D eigenvalue weighted by Crippen LogP contribution is 2.33. The van der Waals surface area contributed by atoms with Crippen molar-refractivity contribution in [1.29, 1.82) is 0 Å². The van der Waals surface area contributed by atoms with Crippen molar-refractivity contribution in [2.24, 2.45) is 0 Å². The smallest absolute Gasteiger partial charge is 0.253 e. The van der Waals surface area contributed by atoms with Crippen molar-refractivity contribution in [3.8, 4) is 5.75 Å². The van der Waals surface area contributed by atoms with E-state index in [0.717, 1.165) is 61.5 Å². The molecule has 5 rings (SSSR count). The summed E-state index contributed by atoms with van der Waals surface area (Å²) in [6.45, 7) is 6.17. The fourth-order valence-electron chi connectivity index (χ4n) is 5.21. The SMILES string of the molecule is CCOc1ccc2[nH]c(=O)c([C@@H](c3nnnn3C3CCCCC3)N3CCN(C)CC3)cc2c1. The summed E-state index contributed by atoms with van der Waals surface area (Å²) in [4.78, 5) is 21.1. The summed E-state index contributed by atoms with van der Waals surface area (Å²) in [5.74, 6) is 1.57. The maximum atomic E-state index is 13.4. The zero-order valence-corrected chi connectivity index (χ0v) is 19.5. The van der Waals surface area contributed by atoms with Gasteiger partial charge in [-0.2, -0.15) is 0 Å². The van der Waals surface area contributed by atoms with Crippen molar-refractivity contribution in [3.63, 3.8) is 0 Å². The first kappa shape index (κ1) is 22.0. The predicted octanol–water partition coefficient (Wildman–Crippen LogP) is 2.76. The number of ether oxygens (including phenoxy) is 1. The molecule has 1 saturated carbocycles. The van der Waals surface area contributed by atoms with Gasteiger partial charge in [0.15, 0.2) is 5.82 Å². The van der Waals surface area contributed by atoms with Crippen molar-refractivity contribution in [2.45, 2.75) is 51.1 Å². The Morgan fingerprint density at radius 1 is 1.12 bits per heavy atom. The molecule has 1 aliphatic carbocycles. The van der Waals surface area contributed by atoms with E-state index in [1.165, 1.54) is 19.3 Å². The lowest BCUT2D eigenvalue weighted by atomic mass is 9.95. The Morgan fingerprint density at radius 2 is 1.91 bits per heavy atom. The van der Waals surface area contributed by atoms with Crippen molar-refractivity contribution >= 4 is 10.9 Å². The molecular formula is C24H33N7O2. The van der Waals surface area contributed by atoms with Gasteiger partial charge in [0.25, 0.3) is 5.56 Å². The van der Waals surface area contributed by atoms with E-state index in [-0.39, 0.29) is 11.6 Å². The third kappa shape index (κ3) is 4.52. The highest BCUT2D eigenvalue weighted by Gasteiger charge is 2.34. The molecule has 1 aromatic carbocycles. The van der Waals surface area contributed by atoms with Crippen LogP contribution in [0.3, 0.4) is 0 Å². The van der Waals surface area contributed by atoms with Crippen LogP contribution in [0.15, 0.2) is 29.1 Å². The Labute approximate surface area is 193 Å². The highest BCUT2D eigenvalue weighted by atomic mass is 16.5. The van der Waals surface area contributed by atoms with E-state index in [1.54, 1.807) is 0 Å². The minimum atomic E-state index is -0.292. The predicted molar refractivity (Wildman–Crippen MR) is 127 cm³/mol. The molecule has 0 amide bonds. The van der Waals surface area contributed by atoms with Crippen LogP contribution in [0, 0.1) is 0 Å². The lowest BCUT2D eigenvalue weighted by Gasteiger charge is -2.37. The normalized spacial score (nSPS) is 19.7. The topological polar surface area (TPSA) is 92.2 Å². The molecule has 1 saturated heterocycles. The van der Waals surface area contributed by atoms with E-state index in [1.807, 2.05) is 35.9 Å². The summed E-state index contributed by atoms with van der Waals surface area (Å²) in [5.41, 5.74) is 1.40. The Kier molecular flexibility index (Phi) is 6.41. The molecule has 3 heterocycles. The summed E-state index contributed by atoms with van der Waals surface area (Å²) < 4.78 is 7.70. The van der Waals surface area contributed by atoms with Crippen LogP contribution >= 0.6 is 0 Å². The van der Waals surface area contributed by atoms with Crippen LogP contribution < -0.4 is 10.3 Å². The molecule has 9 heteroatoms. The number of likely N-dealkylation sites (N-methyl/N-ethyl adjacent to an activating group) is 1. The number of rotatable bonds is 6. The summed E-state index contributed by atoms with van der Waals surface area (Å²) >= 11 is 0. The van der Waals surface area contributed by atoms with E-state index in [2.05, 4.69) is 37.4 Å². The monoisotopic (exact) mass is 451 g/mol. The number of nitrogens with one attached hydrogen (secondary N) is 1. The van der Waals surface area contributed by atoms with E-state index in [9.17, 15) is 4.79 Å². The maximum absolute atomic E-state index is 13.4. The van der Waals surface area contributed by atoms with E-state index in [4.69, 9.17) is 4.74 Å². The lowest BCUT2D eigenvalue weighted by molar-refractivity contribution is 0.119. The van der Waals surface area contributed by atoms with Crippen molar-refractivity contribution in [1.82, 2.24) is 35.0 Å². The van der Waals surface area contributed by atoms with Crippen LogP contribution in [-0.4, -0.2) is 74.8 Å². The molecule has 0 radical (unpaired) electrons. The third-order valence-electron chi connectivity index (χ3n) is 7.04. The van der Waals surface area contributed by atoms with Gasteiger partial charge in [-0.25, -0.2) is 4.68 Å². The standard InChI is InChI=1S/C24H33N7O2/c1-3-33-19-9-10-21-17(15-19)16-20(24(32)25-21)22(30-13-11-29(2)12-14-30)23-26-27-28-31(23)18-7-5-4-6-8-18/h9-10,15-16,18,22H,3-8,11-14H2,1-2H3,(H,25,32)/t22-/m0/s1. The quantitative estimate of drug-likeness (QED) is 0.616. The number of tetrazole rings is 1. The minimum Gasteiger partial charge on any atom is -0.494 e. The number of piperazine rings is 1. The first-order valence-corrected chi connectivity index (χ1v) is 12.1. The van der Waals surface area contributed by atoms with Crippen LogP contribution in [-0.2, 0) is 0 Å². The van der Waals surface area contributed by atoms with Gasteiger partial charge in [-0.1, -0.05) is 19.3 Å². The molecule has 2 fully saturated rings. The summed E-state index contributed by atoms with van der Waals surface area (Å²) in [7, 11) is 2.14. The molecule has 1 aliphatic heterocycles. The Balaban J connectivity index is 1.61. The molecule has 2 aromatic heterocycles. The van der Waals surface area contributed by atoms with Gasteiger partial charge in [0, 0.05) is 42.6 Å². The van der Waals surface area contributed by atoms with Crippen molar-refractivity contribution in [2.75, 3.05) is 39.8 Å². The first-order valence-electron chi connectivity index (χ1n) is 12.1. The van der Waals surface area contributed by atoms with Crippen LogP contribution in [0.1, 0.15) is 62.5 Å². The minimum absolute atomic E-state index is 0.0891. The second kappa shape index (κ2) is 9.61. The van der Waals surface area contributed by atoms with Gasteiger partial charge in [0.2, 0.25) is 0 Å². The van der Waals surface area contributed by atoms with Gasteiger partial charge in [-0.3, -0.25) is 9.69 Å². The number of H-pyrrole nitrogens is 1. The van der Waals surface area contributed by atoms with Gasteiger partial charge in [-0.15, -0.1) is 5.10 Å². The van der Waals surface area contributed by atoms with Gasteiger partial charge in [0.1, 0.15) is 11.8 Å². The number of aromatic amines is 1. The molecule has 33 heavy (non-hydrogen) atoms. The van der Waals surface area contributed by atoms with E-state index >= 15 is 0 Å². The average molecular weight is 452 g/mol. The number of nitrogens with zero attached hydrogens (tertiary/aromatic N) is 6. The Hall–Kier alpha value is -2.78. The number of aromatic nitrogens is 5. The van der Waals surface area contributed by atoms with Crippen molar-refractivity contribution < 1.29 is 4.74 Å². The summed E-state index contributed by atoms with van der Waals surface area (Å²) in [6.07, 6.45) is 5.82. The molecule has 9 nitrogen and oxygen atoms in total. The summed E-state index contributed by atoms with van der Waals surface area (Å²) in [5, 5.41) is 13.9. The molecule has 1 N–H and O–H groups in total. The average Bonchev–Trinajstić information content (AvgIpc) is 3.31. The Morgan fingerprint density at radius 3 is 2.67 bits per heavy atom. The largest absolute Gasteiger partial charge is 0.494 e. The molecular weight excluding hydrogens is 418 g/mol. The van der Waals surface area contributed by atoms with E-state index in [0.29, 0.717) is 18.2 Å². The van der Waals surface area contributed by atoms with Crippen LogP contribution in [0.2, 0.25) is 0 Å². The van der Waals surface area contributed by atoms with Crippen molar-refractivity contribution in [3.05, 3.63) is 46.0 Å². The van der Waals surface area contributed by atoms with Crippen LogP contribution in [0.25, 0.3) is 10.9 Å². The zero-order valence-electron chi connectivity index (χ0n) is 19.5. The molecule has 2 aliphatic rings. The van der Waals surface area contributed by atoms with Gasteiger partial charge in [0.05, 0.1) is 12.6 Å². The lowest BCUT2D eigenvalue weighted by Crippen LogP contribution is -2.47. The van der Waals surface area contributed by atoms with Gasteiger partial charge < -0.3 is 14.6 Å². The number of fused-ring (bicyclic) bond motifs is 1. The maximum Gasteiger partial charge on any atom is 0.253 e. The van der Waals surface area contributed by atoms with E-state index < -0.39 is 0 Å². The number of pyridine rings is 1. The molecule has 176 valence electrons. The molecule has 1 atom stereocenters. The molecule has 3 aromatic rings. The zero-order chi connectivity index (χ0) is 22.8. The Bertz CT molecular complexity index is 1140. The number of hydrogen-bond acceptors (Lipinski definition) is 7. The fourth-order valence-corrected chi connectivity index (χ4v) is 5.21.